The predicted octanol–water partition coefficient (Wildman–Crippen LogP) is 2.35. The van der Waals surface area contributed by atoms with Crippen LogP contribution in [0.2, 0.25) is 0 Å². The highest BCUT2D eigenvalue weighted by molar-refractivity contribution is 5.78. The minimum Gasteiger partial charge on any atom is -0.336 e. The molecule has 102 valence electrons. The van der Waals surface area contributed by atoms with Crippen LogP contribution < -0.4 is 5.32 Å². The van der Waals surface area contributed by atoms with Gasteiger partial charge in [-0.25, -0.2) is 4.79 Å². The second kappa shape index (κ2) is 5.19. The summed E-state index contributed by atoms with van der Waals surface area (Å²) >= 11 is 0. The molecule has 1 spiro atoms. The van der Waals surface area contributed by atoms with Crippen molar-refractivity contribution in [2.24, 2.45) is 0 Å². The Labute approximate surface area is 114 Å². The van der Waals surface area contributed by atoms with E-state index in [1.54, 1.807) is 0 Å². The molecule has 0 radical (unpaired) electrons. The number of urea groups is 1. The fourth-order valence-corrected chi connectivity index (χ4v) is 3.41. The summed E-state index contributed by atoms with van der Waals surface area (Å²) in [5.41, 5.74) is 1.15. The lowest BCUT2D eigenvalue weighted by Crippen LogP contribution is -2.49. The highest BCUT2D eigenvalue weighted by Crippen LogP contribution is 2.36. The molecule has 4 nitrogen and oxygen atoms in total. The van der Waals surface area contributed by atoms with Crippen LogP contribution >= 0.6 is 0 Å². The molecule has 0 aromatic carbocycles. The van der Waals surface area contributed by atoms with E-state index in [4.69, 9.17) is 0 Å². The van der Waals surface area contributed by atoms with Crippen molar-refractivity contribution >= 4 is 6.03 Å². The fourth-order valence-electron chi connectivity index (χ4n) is 3.41. The summed E-state index contributed by atoms with van der Waals surface area (Å²) in [5, 5.41) is 3.03. The monoisotopic (exact) mass is 259 g/mol. The maximum absolute atomic E-state index is 12.1. The second-order valence-electron chi connectivity index (χ2n) is 5.67. The van der Waals surface area contributed by atoms with E-state index in [1.165, 1.54) is 19.3 Å². The standard InChI is InChI=1S/C15H21N3O/c19-14-17-12-15(8-3-1-4-9-15)18(14)11-7-13-6-2-5-10-16-13/h2,5-6,10H,1,3-4,7-9,11-12H2,(H,17,19). The van der Waals surface area contributed by atoms with Gasteiger partial charge in [0.25, 0.3) is 0 Å². The van der Waals surface area contributed by atoms with Gasteiger partial charge < -0.3 is 10.2 Å². The van der Waals surface area contributed by atoms with Crippen molar-refractivity contribution in [1.29, 1.82) is 0 Å². The molecule has 1 saturated heterocycles. The SMILES string of the molecule is O=C1NCC2(CCCCC2)N1CCc1ccccn1. The number of carbonyl (C=O) groups excluding carboxylic acids is 1. The van der Waals surface area contributed by atoms with Crippen LogP contribution in [-0.2, 0) is 6.42 Å². The van der Waals surface area contributed by atoms with E-state index in [2.05, 4.69) is 15.2 Å². The van der Waals surface area contributed by atoms with Crippen molar-refractivity contribution in [2.75, 3.05) is 13.1 Å². The number of pyridine rings is 1. The first kappa shape index (κ1) is 12.5. The summed E-state index contributed by atoms with van der Waals surface area (Å²) in [7, 11) is 0. The summed E-state index contributed by atoms with van der Waals surface area (Å²) in [6.07, 6.45) is 8.75. The zero-order chi connectivity index (χ0) is 13.1. The zero-order valence-electron chi connectivity index (χ0n) is 11.3. The lowest BCUT2D eigenvalue weighted by atomic mass is 9.81. The van der Waals surface area contributed by atoms with Crippen LogP contribution in [-0.4, -0.2) is 34.5 Å². The summed E-state index contributed by atoms with van der Waals surface area (Å²) in [6.45, 7) is 1.61. The Kier molecular flexibility index (Phi) is 3.40. The van der Waals surface area contributed by atoms with Gasteiger partial charge in [0, 0.05) is 31.4 Å². The molecule has 1 N–H and O–H groups in total. The maximum Gasteiger partial charge on any atom is 0.318 e. The first-order valence-electron chi connectivity index (χ1n) is 7.26. The Morgan fingerprint density at radius 1 is 1.26 bits per heavy atom. The molecule has 2 aliphatic rings. The van der Waals surface area contributed by atoms with Gasteiger partial charge in [-0.3, -0.25) is 4.98 Å². The van der Waals surface area contributed by atoms with E-state index in [-0.39, 0.29) is 11.6 Å². The van der Waals surface area contributed by atoms with Crippen molar-refractivity contribution in [3.8, 4) is 0 Å². The van der Waals surface area contributed by atoms with Crippen LogP contribution in [0, 0.1) is 0 Å². The molecule has 1 saturated carbocycles. The molecule has 1 aliphatic carbocycles. The molecule has 0 bridgehead atoms. The minimum atomic E-state index is 0.0874. The van der Waals surface area contributed by atoms with E-state index in [0.29, 0.717) is 0 Å². The van der Waals surface area contributed by atoms with Gasteiger partial charge in [0.15, 0.2) is 0 Å². The van der Waals surface area contributed by atoms with Crippen LogP contribution in [0.5, 0.6) is 0 Å². The molecule has 0 unspecified atom stereocenters. The number of nitrogens with one attached hydrogen (secondary N) is 1. The third kappa shape index (κ3) is 2.44. The number of hydrogen-bond donors (Lipinski definition) is 1. The largest absolute Gasteiger partial charge is 0.336 e. The van der Waals surface area contributed by atoms with Gasteiger partial charge in [-0.15, -0.1) is 0 Å². The van der Waals surface area contributed by atoms with Crippen LogP contribution in [0.1, 0.15) is 37.8 Å². The van der Waals surface area contributed by atoms with Gasteiger partial charge >= 0.3 is 6.03 Å². The highest BCUT2D eigenvalue weighted by Gasteiger charge is 2.45. The third-order valence-corrected chi connectivity index (χ3v) is 4.49. The van der Waals surface area contributed by atoms with Gasteiger partial charge in [0.05, 0.1) is 5.54 Å². The first-order valence-corrected chi connectivity index (χ1v) is 7.26. The Morgan fingerprint density at radius 2 is 2.11 bits per heavy atom. The molecule has 1 aromatic rings. The maximum atomic E-state index is 12.1. The minimum absolute atomic E-state index is 0.0874. The van der Waals surface area contributed by atoms with Crippen molar-refractivity contribution < 1.29 is 4.79 Å². The molecule has 2 fully saturated rings. The van der Waals surface area contributed by atoms with E-state index < -0.39 is 0 Å². The number of aromatic nitrogens is 1. The normalized spacial score (nSPS) is 21.7. The predicted molar refractivity (Wildman–Crippen MR) is 73.9 cm³/mol. The topological polar surface area (TPSA) is 45.2 Å². The number of rotatable bonds is 3. The molecule has 19 heavy (non-hydrogen) atoms. The van der Waals surface area contributed by atoms with Crippen molar-refractivity contribution in [1.82, 2.24) is 15.2 Å². The van der Waals surface area contributed by atoms with Crippen molar-refractivity contribution in [3.63, 3.8) is 0 Å². The molecule has 3 rings (SSSR count). The average Bonchev–Trinajstić information content (AvgIpc) is 2.75. The van der Waals surface area contributed by atoms with Gasteiger partial charge in [-0.2, -0.15) is 0 Å². The second-order valence-corrected chi connectivity index (χ2v) is 5.67. The number of amides is 2. The Balaban J connectivity index is 1.69. The average molecular weight is 259 g/mol. The Morgan fingerprint density at radius 3 is 2.84 bits per heavy atom. The summed E-state index contributed by atoms with van der Waals surface area (Å²) in [5.74, 6) is 0. The first-order chi connectivity index (χ1) is 9.30. The highest BCUT2D eigenvalue weighted by atomic mass is 16.2. The lowest BCUT2D eigenvalue weighted by Gasteiger charge is -2.40. The Bertz CT molecular complexity index is 440. The van der Waals surface area contributed by atoms with Gasteiger partial charge in [-0.1, -0.05) is 25.3 Å². The van der Waals surface area contributed by atoms with Crippen LogP contribution in [0.25, 0.3) is 0 Å². The third-order valence-electron chi connectivity index (χ3n) is 4.49. The fraction of sp³-hybridized carbons (Fsp3) is 0.600. The van der Waals surface area contributed by atoms with Gasteiger partial charge in [0.1, 0.15) is 0 Å². The zero-order valence-corrected chi connectivity index (χ0v) is 11.3. The van der Waals surface area contributed by atoms with Gasteiger partial charge in [0.2, 0.25) is 0 Å². The van der Waals surface area contributed by atoms with Crippen LogP contribution in [0.15, 0.2) is 24.4 Å². The van der Waals surface area contributed by atoms with Crippen LogP contribution in [0.3, 0.4) is 0 Å². The van der Waals surface area contributed by atoms with Gasteiger partial charge in [-0.05, 0) is 25.0 Å². The molecule has 2 amide bonds. The number of carbonyl (C=O) groups is 1. The summed E-state index contributed by atoms with van der Waals surface area (Å²) < 4.78 is 0. The van der Waals surface area contributed by atoms with E-state index in [1.807, 2.05) is 24.4 Å². The smallest absolute Gasteiger partial charge is 0.318 e. The van der Waals surface area contributed by atoms with E-state index >= 15 is 0 Å². The van der Waals surface area contributed by atoms with Crippen molar-refractivity contribution in [2.45, 2.75) is 44.1 Å². The van der Waals surface area contributed by atoms with Crippen molar-refractivity contribution in [3.05, 3.63) is 30.1 Å². The van der Waals surface area contributed by atoms with Crippen LogP contribution in [0.4, 0.5) is 4.79 Å². The molecule has 4 heteroatoms. The molecule has 1 aromatic heterocycles. The number of hydrogen-bond acceptors (Lipinski definition) is 2. The molecule has 0 atom stereocenters. The Hall–Kier alpha value is -1.58. The lowest BCUT2D eigenvalue weighted by molar-refractivity contribution is 0.120. The molecular weight excluding hydrogens is 238 g/mol. The number of nitrogens with zero attached hydrogens (tertiary/aromatic N) is 2. The van der Waals surface area contributed by atoms with E-state index in [0.717, 1.165) is 38.0 Å². The quantitative estimate of drug-likeness (QED) is 0.905. The summed E-state index contributed by atoms with van der Waals surface area (Å²) in [4.78, 5) is 18.5. The summed E-state index contributed by atoms with van der Waals surface area (Å²) in [6, 6.07) is 6.07. The molecule has 2 heterocycles. The molecular formula is C15H21N3O. The molecule has 1 aliphatic heterocycles. The van der Waals surface area contributed by atoms with E-state index in [9.17, 15) is 4.79 Å².